The van der Waals surface area contributed by atoms with Crippen molar-refractivity contribution < 1.29 is 4.79 Å². The summed E-state index contributed by atoms with van der Waals surface area (Å²) in [6.07, 6.45) is 3.69. The lowest BCUT2D eigenvalue weighted by Crippen LogP contribution is -2.39. The highest BCUT2D eigenvalue weighted by atomic mass is 35.5. The Balaban J connectivity index is 1.73. The number of anilines is 1. The minimum absolute atomic E-state index is 0.0362. The standard InChI is InChI=1S/C15H19ClN2O/c1-9-5-6-11(16)7-13(9)18-15(19)14-12-4-2-3-10(12)8-17-14/h5-7,10,12,14,17H,2-4,8H2,1H3,(H,18,19). The molecule has 102 valence electrons. The van der Waals surface area contributed by atoms with Crippen LogP contribution in [-0.2, 0) is 4.79 Å². The molecule has 1 aliphatic heterocycles. The molecule has 0 bridgehead atoms. The molecule has 1 saturated heterocycles. The van der Waals surface area contributed by atoms with Crippen LogP contribution in [0, 0.1) is 18.8 Å². The zero-order valence-electron chi connectivity index (χ0n) is 11.1. The van der Waals surface area contributed by atoms with Gasteiger partial charge in [0.25, 0.3) is 0 Å². The Morgan fingerprint density at radius 3 is 3.11 bits per heavy atom. The zero-order valence-corrected chi connectivity index (χ0v) is 11.8. The van der Waals surface area contributed by atoms with Gasteiger partial charge < -0.3 is 10.6 Å². The number of hydrogen-bond donors (Lipinski definition) is 2. The van der Waals surface area contributed by atoms with E-state index < -0.39 is 0 Å². The highest BCUT2D eigenvalue weighted by molar-refractivity contribution is 6.31. The largest absolute Gasteiger partial charge is 0.324 e. The number of fused-ring (bicyclic) bond motifs is 1. The number of halogens is 1. The minimum atomic E-state index is -0.0362. The summed E-state index contributed by atoms with van der Waals surface area (Å²) in [5, 5.41) is 7.04. The molecule has 2 N–H and O–H groups in total. The van der Waals surface area contributed by atoms with Gasteiger partial charge in [0.05, 0.1) is 6.04 Å². The molecular weight excluding hydrogens is 260 g/mol. The Morgan fingerprint density at radius 2 is 2.26 bits per heavy atom. The molecule has 3 unspecified atom stereocenters. The Hall–Kier alpha value is -1.06. The molecule has 1 aliphatic carbocycles. The van der Waals surface area contributed by atoms with E-state index in [-0.39, 0.29) is 11.9 Å². The molecule has 1 amide bonds. The van der Waals surface area contributed by atoms with Gasteiger partial charge in [-0.1, -0.05) is 24.1 Å². The zero-order chi connectivity index (χ0) is 13.4. The molecule has 2 fully saturated rings. The first-order valence-corrected chi connectivity index (χ1v) is 7.33. The number of carbonyl (C=O) groups excluding carboxylic acids is 1. The van der Waals surface area contributed by atoms with Crippen LogP contribution in [-0.4, -0.2) is 18.5 Å². The second-order valence-corrected chi connectivity index (χ2v) is 6.13. The van der Waals surface area contributed by atoms with Crippen molar-refractivity contribution >= 4 is 23.2 Å². The molecule has 3 atom stereocenters. The molecule has 1 aromatic rings. The van der Waals surface area contributed by atoms with Crippen LogP contribution in [0.3, 0.4) is 0 Å². The Morgan fingerprint density at radius 1 is 1.42 bits per heavy atom. The van der Waals surface area contributed by atoms with Gasteiger partial charge in [0.2, 0.25) is 5.91 Å². The molecule has 3 rings (SSSR count). The normalized spacial score (nSPS) is 29.3. The van der Waals surface area contributed by atoms with Crippen molar-refractivity contribution in [1.29, 1.82) is 0 Å². The number of benzene rings is 1. The lowest BCUT2D eigenvalue weighted by Gasteiger charge is -2.18. The number of hydrogen-bond acceptors (Lipinski definition) is 2. The average molecular weight is 279 g/mol. The summed E-state index contributed by atoms with van der Waals surface area (Å²) >= 11 is 5.98. The topological polar surface area (TPSA) is 41.1 Å². The van der Waals surface area contributed by atoms with Crippen LogP contribution < -0.4 is 10.6 Å². The van der Waals surface area contributed by atoms with Crippen molar-refractivity contribution in [3.05, 3.63) is 28.8 Å². The Labute approximate surface area is 118 Å². The predicted octanol–water partition coefficient (Wildman–Crippen LogP) is 2.98. The third kappa shape index (κ3) is 2.49. The van der Waals surface area contributed by atoms with Gasteiger partial charge >= 0.3 is 0 Å². The van der Waals surface area contributed by atoms with Gasteiger partial charge in [0, 0.05) is 10.7 Å². The maximum absolute atomic E-state index is 12.4. The maximum Gasteiger partial charge on any atom is 0.241 e. The Kier molecular flexibility index (Phi) is 3.50. The molecular formula is C15H19ClN2O. The molecule has 4 heteroatoms. The first-order chi connectivity index (χ1) is 9.15. The molecule has 3 nitrogen and oxygen atoms in total. The molecule has 2 aliphatic rings. The molecule has 0 aromatic heterocycles. The quantitative estimate of drug-likeness (QED) is 0.873. The molecule has 0 radical (unpaired) electrons. The van der Waals surface area contributed by atoms with Crippen molar-refractivity contribution in [3.8, 4) is 0 Å². The second kappa shape index (κ2) is 5.14. The van der Waals surface area contributed by atoms with E-state index in [0.29, 0.717) is 16.9 Å². The van der Waals surface area contributed by atoms with E-state index in [9.17, 15) is 4.79 Å². The SMILES string of the molecule is Cc1ccc(Cl)cc1NC(=O)C1NCC2CCCC21. The van der Waals surface area contributed by atoms with Gasteiger partial charge in [0.15, 0.2) is 0 Å². The van der Waals surface area contributed by atoms with Crippen molar-refractivity contribution in [2.75, 3.05) is 11.9 Å². The van der Waals surface area contributed by atoms with Gasteiger partial charge in [-0.2, -0.15) is 0 Å². The van der Waals surface area contributed by atoms with Crippen LogP contribution in [0.2, 0.25) is 5.02 Å². The van der Waals surface area contributed by atoms with E-state index >= 15 is 0 Å². The highest BCUT2D eigenvalue weighted by Crippen LogP contribution is 2.38. The highest BCUT2D eigenvalue weighted by Gasteiger charge is 2.42. The third-order valence-corrected chi connectivity index (χ3v) is 4.72. The summed E-state index contributed by atoms with van der Waals surface area (Å²) < 4.78 is 0. The molecule has 19 heavy (non-hydrogen) atoms. The van der Waals surface area contributed by atoms with Crippen LogP contribution in [0.1, 0.15) is 24.8 Å². The van der Waals surface area contributed by atoms with E-state index in [1.165, 1.54) is 19.3 Å². The van der Waals surface area contributed by atoms with Crippen LogP contribution >= 0.6 is 11.6 Å². The van der Waals surface area contributed by atoms with E-state index in [2.05, 4.69) is 10.6 Å². The first kappa shape index (κ1) is 12.9. The fraction of sp³-hybridized carbons (Fsp3) is 0.533. The molecule has 1 saturated carbocycles. The van der Waals surface area contributed by atoms with E-state index in [1.54, 1.807) is 0 Å². The number of carbonyl (C=O) groups is 1. The van der Waals surface area contributed by atoms with Gasteiger partial charge in [-0.15, -0.1) is 0 Å². The van der Waals surface area contributed by atoms with Gasteiger partial charge in [-0.3, -0.25) is 4.79 Å². The molecule has 0 spiro atoms. The van der Waals surface area contributed by atoms with Gasteiger partial charge in [-0.25, -0.2) is 0 Å². The number of rotatable bonds is 2. The van der Waals surface area contributed by atoms with Crippen LogP contribution in [0.5, 0.6) is 0 Å². The van der Waals surface area contributed by atoms with Crippen LogP contribution in [0.25, 0.3) is 0 Å². The minimum Gasteiger partial charge on any atom is -0.324 e. The summed E-state index contributed by atoms with van der Waals surface area (Å²) in [5.74, 6) is 1.29. The van der Waals surface area contributed by atoms with Crippen LogP contribution in [0.4, 0.5) is 5.69 Å². The van der Waals surface area contributed by atoms with Crippen molar-refractivity contribution in [2.45, 2.75) is 32.2 Å². The number of nitrogens with one attached hydrogen (secondary N) is 2. The lowest BCUT2D eigenvalue weighted by atomic mass is 9.93. The van der Waals surface area contributed by atoms with Crippen molar-refractivity contribution in [1.82, 2.24) is 5.32 Å². The van der Waals surface area contributed by atoms with Crippen molar-refractivity contribution in [2.24, 2.45) is 11.8 Å². The fourth-order valence-corrected chi connectivity index (χ4v) is 3.59. The van der Waals surface area contributed by atoms with Gasteiger partial charge in [-0.05, 0) is 55.8 Å². The molecule has 1 heterocycles. The van der Waals surface area contributed by atoms with Crippen molar-refractivity contribution in [3.63, 3.8) is 0 Å². The smallest absolute Gasteiger partial charge is 0.241 e. The monoisotopic (exact) mass is 278 g/mol. The van der Waals surface area contributed by atoms with E-state index in [1.807, 2.05) is 25.1 Å². The number of aryl methyl sites for hydroxylation is 1. The first-order valence-electron chi connectivity index (χ1n) is 6.95. The summed E-state index contributed by atoms with van der Waals surface area (Å²) in [6.45, 7) is 2.96. The van der Waals surface area contributed by atoms with Crippen LogP contribution in [0.15, 0.2) is 18.2 Å². The summed E-state index contributed by atoms with van der Waals surface area (Å²) in [5.41, 5.74) is 1.86. The second-order valence-electron chi connectivity index (χ2n) is 5.69. The Bertz CT molecular complexity index is 503. The average Bonchev–Trinajstić information content (AvgIpc) is 2.95. The number of amides is 1. The summed E-state index contributed by atoms with van der Waals surface area (Å²) in [7, 11) is 0. The summed E-state index contributed by atoms with van der Waals surface area (Å²) in [4.78, 5) is 12.4. The predicted molar refractivity (Wildman–Crippen MR) is 77.4 cm³/mol. The fourth-order valence-electron chi connectivity index (χ4n) is 3.41. The van der Waals surface area contributed by atoms with E-state index in [4.69, 9.17) is 11.6 Å². The van der Waals surface area contributed by atoms with E-state index in [0.717, 1.165) is 17.8 Å². The van der Waals surface area contributed by atoms with Gasteiger partial charge in [0.1, 0.15) is 0 Å². The summed E-state index contributed by atoms with van der Waals surface area (Å²) in [6, 6.07) is 5.55. The maximum atomic E-state index is 12.4. The third-order valence-electron chi connectivity index (χ3n) is 4.49. The lowest BCUT2D eigenvalue weighted by molar-refractivity contribution is -0.118. The molecule has 1 aromatic carbocycles.